The molecule has 1 unspecified atom stereocenters. The number of benzene rings is 3. The average Bonchev–Trinajstić information content (AvgIpc) is 2.91. The second kappa shape index (κ2) is 10.4. The van der Waals surface area contributed by atoms with Crippen LogP contribution in [0.2, 0.25) is 0 Å². The third-order valence-electron chi connectivity index (χ3n) is 6.62. The Balaban J connectivity index is 1.89. The van der Waals surface area contributed by atoms with Gasteiger partial charge in [0.15, 0.2) is 0 Å². The van der Waals surface area contributed by atoms with Crippen LogP contribution in [0.1, 0.15) is 27.8 Å². The smallest absolute Gasteiger partial charge is 0.314 e. The molecule has 0 saturated carbocycles. The average molecular weight is 525 g/mol. The molecule has 1 atom stereocenters. The van der Waals surface area contributed by atoms with Gasteiger partial charge in [-0.2, -0.15) is 0 Å². The molecule has 5 rings (SSSR count). The van der Waals surface area contributed by atoms with Crippen molar-refractivity contribution in [2.45, 2.75) is 23.3 Å². The van der Waals surface area contributed by atoms with Crippen LogP contribution in [0.5, 0.6) is 0 Å². The molecule has 0 radical (unpaired) electrons. The van der Waals surface area contributed by atoms with Gasteiger partial charge in [0.05, 0.1) is 12.0 Å². The lowest BCUT2D eigenvalue weighted by Crippen LogP contribution is -2.46. The Morgan fingerprint density at radius 2 is 1.29 bits per heavy atom. The van der Waals surface area contributed by atoms with E-state index in [0.717, 1.165) is 11.1 Å². The minimum absolute atomic E-state index is 0.137. The number of rotatable bonds is 7. The molecular formula is C29H24N4O4S. The fourth-order valence-electron chi connectivity index (χ4n) is 4.90. The SMILES string of the molecule is O=c1[nH]cc(C(Cc2ccccc2)(c2ccccc2S)c2cn(Cc3ccccc3)c(=O)[nH]c2=O)c(=O)[nH]1. The van der Waals surface area contributed by atoms with E-state index in [9.17, 15) is 19.2 Å². The van der Waals surface area contributed by atoms with E-state index in [1.807, 2.05) is 60.7 Å². The van der Waals surface area contributed by atoms with Gasteiger partial charge < -0.3 is 4.98 Å². The standard InChI is InChI=1S/C29H24N4O4S/c34-25-22(16-30-27(36)31-25)29(15-19-9-3-1-4-10-19,21-13-7-8-14-24(21)38)23-18-33(28(37)32-26(23)35)17-20-11-5-2-6-12-20/h1-14,16,18,38H,15,17H2,(H,32,35,37)(H2,30,31,34,36). The largest absolute Gasteiger partial charge is 0.328 e. The lowest BCUT2D eigenvalue weighted by atomic mass is 9.67. The van der Waals surface area contributed by atoms with Crippen molar-refractivity contribution >= 4 is 12.6 Å². The molecule has 2 heterocycles. The van der Waals surface area contributed by atoms with Crippen molar-refractivity contribution in [3.63, 3.8) is 0 Å². The Hall–Kier alpha value is -4.63. The van der Waals surface area contributed by atoms with Gasteiger partial charge in [-0.1, -0.05) is 78.9 Å². The van der Waals surface area contributed by atoms with E-state index in [0.29, 0.717) is 10.5 Å². The Morgan fingerprint density at radius 1 is 0.684 bits per heavy atom. The van der Waals surface area contributed by atoms with Crippen molar-refractivity contribution in [3.05, 3.63) is 167 Å². The zero-order valence-electron chi connectivity index (χ0n) is 20.2. The summed E-state index contributed by atoms with van der Waals surface area (Å²) in [6, 6.07) is 25.9. The molecule has 3 N–H and O–H groups in total. The number of nitrogens with zero attached hydrogens (tertiary/aromatic N) is 1. The fourth-order valence-corrected chi connectivity index (χ4v) is 5.25. The Morgan fingerprint density at radius 3 is 1.95 bits per heavy atom. The molecule has 0 aliphatic rings. The monoisotopic (exact) mass is 524 g/mol. The number of aromatic nitrogens is 4. The molecule has 0 bridgehead atoms. The van der Waals surface area contributed by atoms with E-state index in [-0.39, 0.29) is 24.1 Å². The molecule has 3 aromatic carbocycles. The molecule has 0 saturated heterocycles. The highest BCUT2D eigenvalue weighted by atomic mass is 32.1. The first-order valence-corrected chi connectivity index (χ1v) is 12.4. The maximum Gasteiger partial charge on any atom is 0.328 e. The topological polar surface area (TPSA) is 121 Å². The van der Waals surface area contributed by atoms with E-state index in [1.165, 1.54) is 17.0 Å². The van der Waals surface area contributed by atoms with Crippen molar-refractivity contribution in [1.29, 1.82) is 0 Å². The van der Waals surface area contributed by atoms with Crippen LogP contribution in [0.4, 0.5) is 0 Å². The number of hydrogen-bond acceptors (Lipinski definition) is 5. The predicted molar refractivity (Wildman–Crippen MR) is 148 cm³/mol. The molecule has 9 heteroatoms. The highest BCUT2D eigenvalue weighted by molar-refractivity contribution is 7.80. The number of nitrogens with one attached hydrogen (secondary N) is 3. The summed E-state index contributed by atoms with van der Waals surface area (Å²) in [4.78, 5) is 59.8. The van der Waals surface area contributed by atoms with E-state index >= 15 is 0 Å². The van der Waals surface area contributed by atoms with Crippen LogP contribution in [0.3, 0.4) is 0 Å². The predicted octanol–water partition coefficient (Wildman–Crippen LogP) is 2.83. The first-order chi connectivity index (χ1) is 18.4. The molecule has 2 aromatic heterocycles. The van der Waals surface area contributed by atoms with E-state index in [4.69, 9.17) is 12.6 Å². The van der Waals surface area contributed by atoms with Gasteiger partial charge in [0.1, 0.15) is 0 Å². The zero-order chi connectivity index (χ0) is 26.7. The van der Waals surface area contributed by atoms with Crippen molar-refractivity contribution < 1.29 is 0 Å². The first kappa shape index (κ1) is 25.0. The quantitative estimate of drug-likeness (QED) is 0.245. The lowest BCUT2D eigenvalue weighted by Gasteiger charge is -2.35. The molecule has 0 spiro atoms. The van der Waals surface area contributed by atoms with Crippen molar-refractivity contribution in [3.8, 4) is 0 Å². The lowest BCUT2D eigenvalue weighted by molar-refractivity contribution is 0.562. The maximum atomic E-state index is 13.6. The van der Waals surface area contributed by atoms with Gasteiger partial charge in [0, 0.05) is 28.4 Å². The highest BCUT2D eigenvalue weighted by Gasteiger charge is 2.43. The summed E-state index contributed by atoms with van der Waals surface area (Å²) in [5.74, 6) is 0. The second-order valence-electron chi connectivity index (χ2n) is 8.99. The number of hydrogen-bond donors (Lipinski definition) is 4. The summed E-state index contributed by atoms with van der Waals surface area (Å²) < 4.78 is 1.41. The van der Waals surface area contributed by atoms with Crippen LogP contribution < -0.4 is 22.5 Å². The minimum Gasteiger partial charge on any atom is -0.314 e. The Kier molecular flexibility index (Phi) is 6.85. The summed E-state index contributed by atoms with van der Waals surface area (Å²) in [6.45, 7) is 0.204. The third-order valence-corrected chi connectivity index (χ3v) is 7.01. The van der Waals surface area contributed by atoms with Crippen molar-refractivity contribution in [1.82, 2.24) is 19.5 Å². The van der Waals surface area contributed by atoms with Gasteiger partial charge in [-0.3, -0.25) is 24.1 Å². The normalized spacial score (nSPS) is 12.7. The van der Waals surface area contributed by atoms with E-state index in [2.05, 4.69) is 15.0 Å². The van der Waals surface area contributed by atoms with Crippen LogP contribution in [0.25, 0.3) is 0 Å². The molecule has 8 nitrogen and oxygen atoms in total. The van der Waals surface area contributed by atoms with Gasteiger partial charge in [-0.15, -0.1) is 12.6 Å². The first-order valence-electron chi connectivity index (χ1n) is 11.9. The number of H-pyrrole nitrogens is 3. The summed E-state index contributed by atoms with van der Waals surface area (Å²) in [5, 5.41) is 0. The minimum atomic E-state index is -1.42. The van der Waals surface area contributed by atoms with Gasteiger partial charge in [0.25, 0.3) is 11.1 Å². The maximum absolute atomic E-state index is 13.6. The number of thiol groups is 1. The van der Waals surface area contributed by atoms with Crippen LogP contribution in [-0.4, -0.2) is 19.5 Å². The summed E-state index contributed by atoms with van der Waals surface area (Å²) in [6.07, 6.45) is 3.01. The summed E-state index contributed by atoms with van der Waals surface area (Å²) in [7, 11) is 0. The van der Waals surface area contributed by atoms with Crippen molar-refractivity contribution in [2.24, 2.45) is 0 Å². The number of aromatic amines is 3. The van der Waals surface area contributed by atoms with Crippen LogP contribution >= 0.6 is 12.6 Å². The van der Waals surface area contributed by atoms with E-state index in [1.54, 1.807) is 24.3 Å². The van der Waals surface area contributed by atoms with Crippen LogP contribution in [0.15, 0.2) is 121 Å². The van der Waals surface area contributed by atoms with Crippen molar-refractivity contribution in [2.75, 3.05) is 0 Å². The van der Waals surface area contributed by atoms with Crippen LogP contribution in [-0.2, 0) is 18.4 Å². The van der Waals surface area contributed by atoms with Crippen LogP contribution in [0, 0.1) is 0 Å². The highest BCUT2D eigenvalue weighted by Crippen LogP contribution is 2.41. The second-order valence-corrected chi connectivity index (χ2v) is 9.47. The molecule has 38 heavy (non-hydrogen) atoms. The van der Waals surface area contributed by atoms with Gasteiger partial charge in [-0.25, -0.2) is 9.59 Å². The van der Waals surface area contributed by atoms with E-state index < -0.39 is 27.9 Å². The van der Waals surface area contributed by atoms with Gasteiger partial charge in [-0.05, 0) is 29.2 Å². The molecule has 0 aliphatic heterocycles. The molecular weight excluding hydrogens is 500 g/mol. The molecule has 190 valence electrons. The van der Waals surface area contributed by atoms with Gasteiger partial charge >= 0.3 is 11.4 Å². The summed E-state index contributed by atoms with van der Waals surface area (Å²) >= 11 is 4.71. The molecule has 5 aromatic rings. The summed E-state index contributed by atoms with van der Waals surface area (Å²) in [5.41, 5.74) is -1.40. The third kappa shape index (κ3) is 4.71. The molecule has 0 amide bonds. The molecule has 0 fully saturated rings. The molecule has 0 aliphatic carbocycles. The zero-order valence-corrected chi connectivity index (χ0v) is 21.1. The van der Waals surface area contributed by atoms with Gasteiger partial charge in [0.2, 0.25) is 0 Å². The Labute approximate surface area is 222 Å². The Bertz CT molecular complexity index is 1820. The fraction of sp³-hybridized carbons (Fsp3) is 0.103.